The van der Waals surface area contributed by atoms with Gasteiger partial charge in [-0.25, -0.2) is 4.99 Å². The van der Waals surface area contributed by atoms with Crippen molar-refractivity contribution in [3.05, 3.63) is 35.8 Å². The monoisotopic (exact) mass is 207 g/mol. The molecule has 4 N–H and O–H groups in total. The summed E-state index contributed by atoms with van der Waals surface area (Å²) in [5.74, 6) is 0.258. The van der Waals surface area contributed by atoms with Crippen molar-refractivity contribution in [3.8, 4) is 0 Å². The van der Waals surface area contributed by atoms with Crippen LogP contribution in [0.15, 0.2) is 40.3 Å². The molecular formula is C11H16N4. The lowest BCUT2D eigenvalue weighted by Crippen LogP contribution is -2.16. The molecule has 0 heterocycles. The summed E-state index contributed by atoms with van der Waals surface area (Å²) in [4.78, 5) is 7.58. The molecule has 0 radical (unpaired) electrons. The van der Waals surface area contributed by atoms with E-state index in [1.54, 1.807) is 19.1 Å². The highest BCUT2D eigenvalue weighted by atomic mass is 15.1. The molecule has 0 saturated heterocycles. The lowest BCUT2D eigenvalue weighted by Gasteiger charge is -1.97. The first-order chi connectivity index (χ1) is 8.38. The van der Waals surface area contributed by atoms with Crippen molar-refractivity contribution in [1.82, 2.24) is 0 Å². The van der Waals surface area contributed by atoms with Gasteiger partial charge in [-0.05, 0) is 18.9 Å². The molecule has 4 nitrogen and oxygen atoms in total. The van der Waals surface area contributed by atoms with Crippen LogP contribution in [0.1, 0.15) is 16.6 Å². The number of amidine groups is 1. The summed E-state index contributed by atoms with van der Waals surface area (Å²) in [6.07, 6.45) is 0.312. The molecular weight excluding hydrogens is 188 g/mol. The van der Waals surface area contributed by atoms with Gasteiger partial charge in [-0.1, -0.05) is 30.3 Å². The van der Waals surface area contributed by atoms with Gasteiger partial charge in [0.2, 0.25) is 5.96 Å². The van der Waals surface area contributed by atoms with Gasteiger partial charge in [0.25, 0.3) is 0 Å². The van der Waals surface area contributed by atoms with Crippen LogP contribution < -0.4 is 11.5 Å². The number of nitrogens with zero attached hydrogens (tertiary/aromatic N) is 2. The molecule has 1 aromatic carbocycles. The molecule has 0 saturated carbocycles. The van der Waals surface area contributed by atoms with Gasteiger partial charge in [-0.3, -0.25) is 4.99 Å². The summed E-state index contributed by atoms with van der Waals surface area (Å²) in [5, 5.41) is 0. The second-order valence-electron chi connectivity index (χ2n) is 2.97. The summed E-state index contributed by atoms with van der Waals surface area (Å²) in [7, 11) is 0. The number of hydrogen-bond acceptors (Lipinski definition) is 1. The highest BCUT2D eigenvalue weighted by Crippen LogP contribution is 1.99. The van der Waals surface area contributed by atoms with Gasteiger partial charge in [0, 0.05) is 6.52 Å². The number of hydrogen-bond donors (Lipinski definition) is 2. The molecule has 15 heavy (non-hydrogen) atoms. The molecule has 1 rings (SSSR count). The highest BCUT2D eigenvalue weighted by Gasteiger charge is 1.91. The molecule has 1 aromatic rings. The zero-order valence-electron chi connectivity index (χ0n) is 11.6. The minimum atomic E-state index is -0.802. The van der Waals surface area contributed by atoms with Crippen LogP contribution in [0.2, 0.25) is 0 Å². The Morgan fingerprint density at radius 3 is 2.93 bits per heavy atom. The maximum Gasteiger partial charge on any atom is 0.216 e. The average molecular weight is 207 g/mol. The minimum absolute atomic E-state index is 0.0294. The number of aliphatic imine (C=N–C) groups is 2. The van der Waals surface area contributed by atoms with Crippen LogP contribution in [-0.2, 0) is 6.42 Å². The largest absolute Gasteiger partial charge is 0.387 e. The molecule has 80 valence electrons. The fraction of sp³-hybridized carbons (Fsp3) is 0.273. The van der Waals surface area contributed by atoms with Crippen molar-refractivity contribution >= 4 is 11.8 Å². The van der Waals surface area contributed by atoms with Crippen LogP contribution in [0.4, 0.5) is 0 Å². The maximum absolute atomic E-state index is 7.72. The van der Waals surface area contributed by atoms with E-state index < -0.39 is 6.52 Å². The van der Waals surface area contributed by atoms with E-state index in [1.807, 2.05) is 0 Å². The molecule has 0 amide bonds. The average Bonchev–Trinajstić information content (AvgIpc) is 2.21. The van der Waals surface area contributed by atoms with Gasteiger partial charge in [0.1, 0.15) is 0 Å². The third-order valence-electron chi connectivity index (χ3n) is 1.56. The predicted octanol–water partition coefficient (Wildman–Crippen LogP) is 0.921. The van der Waals surface area contributed by atoms with Crippen LogP contribution >= 0.6 is 0 Å². The van der Waals surface area contributed by atoms with Crippen molar-refractivity contribution in [2.24, 2.45) is 21.5 Å². The first-order valence-corrected chi connectivity index (χ1v) is 4.51. The molecule has 0 aliphatic carbocycles. The Balaban J connectivity index is 2.73. The number of aryl methyl sites for hydroxylation is 1. The molecule has 0 bridgehead atoms. The van der Waals surface area contributed by atoms with Crippen LogP contribution in [-0.4, -0.2) is 18.3 Å². The third-order valence-corrected chi connectivity index (χ3v) is 1.56. The Bertz CT molecular complexity index is 481. The van der Waals surface area contributed by atoms with Crippen LogP contribution in [0.25, 0.3) is 0 Å². The Labute approximate surface area is 93.9 Å². The molecule has 4 heteroatoms. The molecule has 0 aliphatic rings. The number of benzene rings is 1. The van der Waals surface area contributed by atoms with E-state index in [9.17, 15) is 0 Å². The summed E-state index contributed by atoms with van der Waals surface area (Å²) in [6.45, 7) is 0.782. The molecule has 1 atom stereocenters. The van der Waals surface area contributed by atoms with E-state index in [0.29, 0.717) is 6.42 Å². The first kappa shape index (κ1) is 7.45. The summed E-state index contributed by atoms with van der Waals surface area (Å²) in [5.41, 5.74) is 11.6. The quantitative estimate of drug-likeness (QED) is 0.571. The Kier molecular flexibility index (Phi) is 2.88. The van der Waals surface area contributed by atoms with E-state index in [0.717, 1.165) is 5.56 Å². The van der Waals surface area contributed by atoms with E-state index >= 15 is 0 Å². The second kappa shape index (κ2) is 5.80. The fourth-order valence-electron chi connectivity index (χ4n) is 0.960. The highest BCUT2D eigenvalue weighted by molar-refractivity contribution is 5.93. The van der Waals surface area contributed by atoms with Crippen LogP contribution in [0.3, 0.4) is 0 Å². The molecule has 0 aromatic heterocycles. The molecule has 0 aliphatic heterocycles. The van der Waals surface area contributed by atoms with Gasteiger partial charge in [-0.15, -0.1) is 0 Å². The minimum Gasteiger partial charge on any atom is -0.387 e. The van der Waals surface area contributed by atoms with Crippen LogP contribution in [0.5, 0.6) is 0 Å². The summed E-state index contributed by atoms with van der Waals surface area (Å²) >= 11 is 0. The van der Waals surface area contributed by atoms with Gasteiger partial charge >= 0.3 is 0 Å². The zero-order valence-corrected chi connectivity index (χ0v) is 8.57. The van der Waals surface area contributed by atoms with E-state index in [2.05, 4.69) is 9.98 Å². The Morgan fingerprint density at radius 2 is 2.27 bits per heavy atom. The Morgan fingerprint density at radius 1 is 1.47 bits per heavy atom. The third kappa shape index (κ3) is 4.81. The van der Waals surface area contributed by atoms with Gasteiger partial charge in [0.05, 0.1) is 9.95 Å². The summed E-state index contributed by atoms with van der Waals surface area (Å²) < 4.78 is 22.6. The second-order valence-corrected chi connectivity index (χ2v) is 2.97. The SMILES string of the molecule is [2H]c1ccc(CC([2H])N=C(N)N=C(C)N)cc1[2H]. The van der Waals surface area contributed by atoms with Crippen molar-refractivity contribution in [1.29, 1.82) is 0 Å². The molecule has 0 spiro atoms. The number of nitrogens with two attached hydrogens (primary N) is 2. The molecule has 0 fully saturated rings. The maximum atomic E-state index is 7.72. The van der Waals surface area contributed by atoms with Gasteiger partial charge < -0.3 is 11.5 Å². The van der Waals surface area contributed by atoms with Crippen molar-refractivity contribution in [3.63, 3.8) is 0 Å². The summed E-state index contributed by atoms with van der Waals surface area (Å²) in [6, 6.07) is 5.07. The number of rotatable bonds is 3. The van der Waals surface area contributed by atoms with Crippen LogP contribution in [0, 0.1) is 0 Å². The van der Waals surface area contributed by atoms with Gasteiger partial charge in [-0.2, -0.15) is 0 Å². The number of guanidine groups is 1. The van der Waals surface area contributed by atoms with Gasteiger partial charge in [0.15, 0.2) is 0 Å². The standard InChI is InChI=1S/C11H16N4/c1-9(12)15-11(13)14-8-7-10-5-3-2-4-6-10/h2-6H,7-8H2,1H3,(H4,12,13,14,15)/i2D,3D,8D. The smallest absolute Gasteiger partial charge is 0.216 e. The topological polar surface area (TPSA) is 76.8 Å². The van der Waals surface area contributed by atoms with E-state index in [4.69, 9.17) is 15.6 Å². The van der Waals surface area contributed by atoms with E-state index in [-0.39, 0.29) is 23.9 Å². The lowest BCUT2D eigenvalue weighted by atomic mass is 10.2. The lowest BCUT2D eigenvalue weighted by molar-refractivity contribution is 0.962. The van der Waals surface area contributed by atoms with E-state index in [1.165, 1.54) is 6.07 Å². The zero-order chi connectivity index (χ0) is 13.7. The van der Waals surface area contributed by atoms with Crippen molar-refractivity contribution in [2.75, 3.05) is 6.52 Å². The first-order valence-electron chi connectivity index (χ1n) is 6.08. The Hall–Kier alpha value is -1.84. The van der Waals surface area contributed by atoms with Crippen molar-refractivity contribution in [2.45, 2.75) is 13.3 Å². The predicted molar refractivity (Wildman–Crippen MR) is 63.9 cm³/mol. The normalized spacial score (nSPS) is 17.8. The van der Waals surface area contributed by atoms with Crippen molar-refractivity contribution < 1.29 is 4.11 Å². The molecule has 1 unspecified atom stereocenters. The fourth-order valence-corrected chi connectivity index (χ4v) is 0.960.